The second-order valence-corrected chi connectivity index (χ2v) is 6.78. The maximum absolute atomic E-state index is 12.5. The monoisotopic (exact) mass is 394 g/mol. The molecule has 0 fully saturated rings. The Morgan fingerprint density at radius 3 is 2.64 bits per heavy atom. The molecule has 138 valence electrons. The summed E-state index contributed by atoms with van der Waals surface area (Å²) in [6.07, 6.45) is 0.272. The number of aliphatic hydroxyl groups excluding tert-OH is 1. The van der Waals surface area contributed by atoms with Crippen LogP contribution in [0.25, 0.3) is 22.3 Å². The lowest BCUT2D eigenvalue weighted by atomic mass is 9.96. The summed E-state index contributed by atoms with van der Waals surface area (Å²) in [5, 5.41) is 11.7. The van der Waals surface area contributed by atoms with E-state index in [0.29, 0.717) is 27.3 Å². The Morgan fingerprint density at radius 2 is 1.79 bits per heavy atom. The lowest BCUT2D eigenvalue weighted by Gasteiger charge is -2.30. The van der Waals surface area contributed by atoms with E-state index in [2.05, 4.69) is 0 Å². The van der Waals surface area contributed by atoms with Gasteiger partial charge in [-0.3, -0.25) is 0 Å². The van der Waals surface area contributed by atoms with Gasteiger partial charge in [0, 0.05) is 10.4 Å². The van der Waals surface area contributed by atoms with Crippen molar-refractivity contribution in [3.63, 3.8) is 0 Å². The molecule has 0 spiro atoms. The van der Waals surface area contributed by atoms with Crippen LogP contribution in [0.4, 0.5) is 0 Å². The van der Waals surface area contributed by atoms with Gasteiger partial charge in [-0.05, 0) is 36.4 Å². The van der Waals surface area contributed by atoms with Gasteiger partial charge in [-0.2, -0.15) is 0 Å². The molecule has 6 nitrogen and oxygen atoms in total. The van der Waals surface area contributed by atoms with E-state index in [0.717, 1.165) is 0 Å². The Morgan fingerprint density at radius 1 is 0.964 bits per heavy atom. The molecule has 28 heavy (non-hydrogen) atoms. The average molecular weight is 395 g/mol. The molecule has 2 aliphatic rings. The van der Waals surface area contributed by atoms with Crippen LogP contribution in [0.2, 0.25) is 5.02 Å². The first-order valence-electron chi connectivity index (χ1n) is 8.37. The Hall–Kier alpha value is -3.51. The van der Waals surface area contributed by atoms with Crippen molar-refractivity contribution in [1.29, 1.82) is 0 Å². The third kappa shape index (κ3) is 2.50. The van der Waals surface area contributed by atoms with Crippen molar-refractivity contribution in [1.82, 2.24) is 0 Å². The van der Waals surface area contributed by atoms with Crippen LogP contribution >= 0.6 is 11.6 Å². The average Bonchev–Trinajstić information content (AvgIpc) is 2.68. The molecule has 1 aromatic heterocycles. The molecule has 3 aromatic rings. The van der Waals surface area contributed by atoms with Crippen LogP contribution in [0, 0.1) is 0 Å². The van der Waals surface area contributed by atoms with E-state index in [9.17, 15) is 14.7 Å². The number of esters is 1. The quantitative estimate of drug-likeness (QED) is 0.494. The van der Waals surface area contributed by atoms with Crippen molar-refractivity contribution in [2.24, 2.45) is 0 Å². The Kier molecular flexibility index (Phi) is 3.57. The minimum absolute atomic E-state index is 0.0219. The molecule has 3 heterocycles. The summed E-state index contributed by atoms with van der Waals surface area (Å²) in [6, 6.07) is 13.2. The molecular weight excluding hydrogens is 384 g/mol. The molecule has 1 unspecified atom stereocenters. The minimum Gasteiger partial charge on any atom is -0.507 e. The van der Waals surface area contributed by atoms with Crippen LogP contribution in [-0.2, 0) is 9.53 Å². The summed E-state index contributed by atoms with van der Waals surface area (Å²) in [7, 11) is 0. The molecule has 0 bridgehead atoms. The standard InChI is InChI=1S/C21H11ClO6/c22-11-5-6-17-14(8-11)18(23)15-9-13(20(25)28-21(15)27-17)12-7-10-3-1-2-4-16(10)26-19(12)24/h1-9,21,23H. The fraction of sp³-hybridized carbons (Fsp3) is 0.0476. The second-order valence-electron chi connectivity index (χ2n) is 6.34. The second kappa shape index (κ2) is 6.00. The SMILES string of the molecule is O=C1OC2Oc3ccc(Cl)cc3C(O)=C2C=C1c1cc2ccccc2oc1=O. The third-order valence-corrected chi connectivity index (χ3v) is 4.86. The van der Waals surface area contributed by atoms with Crippen molar-refractivity contribution in [3.8, 4) is 5.75 Å². The Balaban J connectivity index is 1.71. The van der Waals surface area contributed by atoms with Crippen molar-refractivity contribution >= 4 is 39.9 Å². The van der Waals surface area contributed by atoms with E-state index in [1.807, 2.05) is 0 Å². The minimum atomic E-state index is -1.11. The van der Waals surface area contributed by atoms with Gasteiger partial charge in [-0.1, -0.05) is 29.8 Å². The number of carbonyl (C=O) groups is 1. The highest BCUT2D eigenvalue weighted by Gasteiger charge is 2.37. The number of rotatable bonds is 1. The molecule has 7 heteroatoms. The Labute approximate surface area is 162 Å². The number of carbonyl (C=O) groups excluding carboxylic acids is 1. The van der Waals surface area contributed by atoms with Crippen LogP contribution < -0.4 is 10.4 Å². The largest absolute Gasteiger partial charge is 0.507 e. The van der Waals surface area contributed by atoms with Gasteiger partial charge in [0.15, 0.2) is 0 Å². The molecule has 0 saturated heterocycles. The zero-order chi connectivity index (χ0) is 19.4. The van der Waals surface area contributed by atoms with E-state index in [1.54, 1.807) is 48.5 Å². The molecular formula is C21H11ClO6. The van der Waals surface area contributed by atoms with Crippen molar-refractivity contribution < 1.29 is 23.8 Å². The van der Waals surface area contributed by atoms with Gasteiger partial charge in [0.2, 0.25) is 0 Å². The molecule has 0 saturated carbocycles. The summed E-state index contributed by atoms with van der Waals surface area (Å²) < 4.78 is 16.3. The molecule has 5 rings (SSSR count). The normalized spacial score (nSPS) is 18.1. The van der Waals surface area contributed by atoms with Crippen LogP contribution in [-0.4, -0.2) is 17.4 Å². The van der Waals surface area contributed by atoms with E-state index < -0.39 is 17.9 Å². The van der Waals surface area contributed by atoms with Gasteiger partial charge in [-0.15, -0.1) is 0 Å². The van der Waals surface area contributed by atoms with Gasteiger partial charge >= 0.3 is 11.6 Å². The van der Waals surface area contributed by atoms with Crippen LogP contribution in [0.15, 0.2) is 69.4 Å². The van der Waals surface area contributed by atoms with Crippen molar-refractivity contribution in [2.75, 3.05) is 0 Å². The number of ether oxygens (including phenoxy) is 2. The number of hydrogen-bond donors (Lipinski definition) is 1. The first kappa shape index (κ1) is 16.6. The maximum atomic E-state index is 12.5. The fourth-order valence-electron chi connectivity index (χ4n) is 3.27. The zero-order valence-corrected chi connectivity index (χ0v) is 14.9. The predicted octanol–water partition coefficient (Wildman–Crippen LogP) is 4.07. The molecule has 1 N–H and O–H groups in total. The molecule has 0 aliphatic carbocycles. The maximum Gasteiger partial charge on any atom is 0.344 e. The van der Waals surface area contributed by atoms with E-state index >= 15 is 0 Å². The lowest BCUT2D eigenvalue weighted by molar-refractivity contribution is -0.152. The number of halogens is 1. The molecule has 0 amide bonds. The molecule has 0 radical (unpaired) electrons. The molecule has 2 aliphatic heterocycles. The number of benzene rings is 2. The van der Waals surface area contributed by atoms with E-state index in [-0.39, 0.29) is 22.5 Å². The van der Waals surface area contributed by atoms with Gasteiger partial charge in [0.05, 0.1) is 22.3 Å². The molecule has 1 atom stereocenters. The summed E-state index contributed by atoms with van der Waals surface area (Å²) in [6.45, 7) is 0. The fourth-order valence-corrected chi connectivity index (χ4v) is 3.44. The number of para-hydroxylation sites is 1. The van der Waals surface area contributed by atoms with E-state index in [4.69, 9.17) is 25.5 Å². The van der Waals surface area contributed by atoms with Gasteiger partial charge in [0.1, 0.15) is 17.1 Å². The van der Waals surface area contributed by atoms with Crippen molar-refractivity contribution in [2.45, 2.75) is 6.29 Å². The Bertz CT molecular complexity index is 1280. The lowest BCUT2D eigenvalue weighted by Crippen LogP contribution is -2.34. The summed E-state index contributed by atoms with van der Waals surface area (Å²) in [5.41, 5.74) is 0.339. The van der Waals surface area contributed by atoms with Crippen LogP contribution in [0.1, 0.15) is 11.1 Å². The van der Waals surface area contributed by atoms with Crippen molar-refractivity contribution in [3.05, 3.63) is 86.7 Å². The predicted molar refractivity (Wildman–Crippen MR) is 102 cm³/mol. The highest BCUT2D eigenvalue weighted by atomic mass is 35.5. The van der Waals surface area contributed by atoms with Gasteiger partial charge in [0.25, 0.3) is 6.29 Å². The van der Waals surface area contributed by atoms with E-state index in [1.165, 1.54) is 6.08 Å². The van der Waals surface area contributed by atoms with Crippen LogP contribution in [0.5, 0.6) is 5.75 Å². The number of hydrogen-bond acceptors (Lipinski definition) is 6. The molecule has 2 aromatic carbocycles. The first-order valence-corrected chi connectivity index (χ1v) is 8.75. The zero-order valence-electron chi connectivity index (χ0n) is 14.1. The highest BCUT2D eigenvalue weighted by molar-refractivity contribution is 6.30. The number of aliphatic hydroxyl groups is 1. The summed E-state index contributed by atoms with van der Waals surface area (Å²) in [5.74, 6) is -0.545. The van der Waals surface area contributed by atoms with Gasteiger partial charge in [-0.25, -0.2) is 9.59 Å². The first-order chi connectivity index (χ1) is 13.5. The highest BCUT2D eigenvalue weighted by Crippen LogP contribution is 2.40. The third-order valence-electron chi connectivity index (χ3n) is 4.62. The van der Waals surface area contributed by atoms with Gasteiger partial charge < -0.3 is 19.0 Å². The topological polar surface area (TPSA) is 86.0 Å². The van der Waals surface area contributed by atoms with Crippen LogP contribution in [0.3, 0.4) is 0 Å². The smallest absolute Gasteiger partial charge is 0.344 e. The summed E-state index contributed by atoms with van der Waals surface area (Å²) >= 11 is 6.00. The summed E-state index contributed by atoms with van der Waals surface area (Å²) in [4.78, 5) is 25.0. The number of fused-ring (bicyclic) bond motifs is 3.